The van der Waals surface area contributed by atoms with Gasteiger partial charge in [-0.2, -0.15) is 0 Å². The highest BCUT2D eigenvalue weighted by Gasteiger charge is 2.24. The van der Waals surface area contributed by atoms with Crippen LogP contribution in [-0.4, -0.2) is 38.1 Å². The fraction of sp³-hybridized carbons (Fsp3) is 0.615. The Balaban J connectivity index is 1.74. The summed E-state index contributed by atoms with van der Waals surface area (Å²) in [5, 5.41) is 14.2. The predicted octanol–water partition coefficient (Wildman–Crippen LogP) is 0.836. The number of nitrogens with one attached hydrogen (secondary N) is 2. The molecule has 1 aromatic rings. The summed E-state index contributed by atoms with van der Waals surface area (Å²) in [5.41, 5.74) is 0. The van der Waals surface area contributed by atoms with Gasteiger partial charge in [-0.25, -0.2) is 13.1 Å². The Morgan fingerprint density at radius 3 is 2.81 bits per heavy atom. The van der Waals surface area contributed by atoms with Gasteiger partial charge in [0.05, 0.1) is 12.1 Å². The number of aliphatic hydroxyl groups is 1. The standard InChI is InChI=1S/C13H20N2O4S2/c16-11-5-2-1-4-10(11)15-12(17)7-8-14-21(18,19)13-6-3-9-20-13/h3,6,9-11,14,16H,1-2,4-5,7-8H2,(H,15,17)/t10-,11-/m0/s1. The third-order valence-electron chi connectivity index (χ3n) is 3.48. The predicted molar refractivity (Wildman–Crippen MR) is 80.5 cm³/mol. The zero-order valence-electron chi connectivity index (χ0n) is 11.6. The normalized spacial score (nSPS) is 22.9. The fourth-order valence-electron chi connectivity index (χ4n) is 2.35. The van der Waals surface area contributed by atoms with Crippen LogP contribution < -0.4 is 10.0 Å². The average Bonchev–Trinajstić information content (AvgIpc) is 2.96. The van der Waals surface area contributed by atoms with Crippen molar-refractivity contribution in [3.63, 3.8) is 0 Å². The summed E-state index contributed by atoms with van der Waals surface area (Å²) in [6, 6.07) is 2.97. The summed E-state index contributed by atoms with van der Waals surface area (Å²) < 4.78 is 26.3. The molecule has 1 aromatic heterocycles. The van der Waals surface area contributed by atoms with Crippen molar-refractivity contribution in [3.05, 3.63) is 17.5 Å². The maximum Gasteiger partial charge on any atom is 0.250 e. The average molecular weight is 332 g/mol. The van der Waals surface area contributed by atoms with Crippen molar-refractivity contribution in [1.82, 2.24) is 10.0 Å². The second kappa shape index (κ2) is 7.35. The summed E-state index contributed by atoms with van der Waals surface area (Å²) in [5.74, 6) is -0.241. The first-order valence-corrected chi connectivity index (χ1v) is 9.36. The quantitative estimate of drug-likeness (QED) is 0.719. The zero-order chi connectivity index (χ0) is 15.3. The minimum absolute atomic E-state index is 0.0505. The zero-order valence-corrected chi connectivity index (χ0v) is 13.3. The number of sulfonamides is 1. The van der Waals surface area contributed by atoms with E-state index in [9.17, 15) is 18.3 Å². The molecular formula is C13H20N2O4S2. The molecule has 3 N–H and O–H groups in total. The van der Waals surface area contributed by atoms with Crippen LogP contribution in [0.25, 0.3) is 0 Å². The van der Waals surface area contributed by atoms with E-state index in [1.54, 1.807) is 11.4 Å². The van der Waals surface area contributed by atoms with E-state index < -0.39 is 16.1 Å². The van der Waals surface area contributed by atoms with Crippen molar-refractivity contribution in [2.24, 2.45) is 0 Å². The van der Waals surface area contributed by atoms with Crippen molar-refractivity contribution < 1.29 is 18.3 Å². The first-order chi connectivity index (χ1) is 9.99. The molecule has 6 nitrogen and oxygen atoms in total. The summed E-state index contributed by atoms with van der Waals surface area (Å²) in [6.45, 7) is 0.0505. The number of thiophene rings is 1. The van der Waals surface area contributed by atoms with Gasteiger partial charge < -0.3 is 10.4 Å². The third kappa shape index (κ3) is 4.77. The molecule has 21 heavy (non-hydrogen) atoms. The Kier molecular flexibility index (Phi) is 5.74. The minimum Gasteiger partial charge on any atom is -0.391 e. The lowest BCUT2D eigenvalue weighted by Crippen LogP contribution is -2.45. The molecule has 0 unspecified atom stereocenters. The van der Waals surface area contributed by atoms with Crippen LogP contribution in [0.1, 0.15) is 32.1 Å². The van der Waals surface area contributed by atoms with Crippen LogP contribution in [0.3, 0.4) is 0 Å². The van der Waals surface area contributed by atoms with Crippen LogP contribution in [0, 0.1) is 0 Å². The van der Waals surface area contributed by atoms with Gasteiger partial charge in [0.25, 0.3) is 0 Å². The monoisotopic (exact) mass is 332 g/mol. The molecule has 2 atom stereocenters. The van der Waals surface area contributed by atoms with E-state index in [0.29, 0.717) is 6.42 Å². The molecule has 0 radical (unpaired) electrons. The van der Waals surface area contributed by atoms with Gasteiger partial charge in [0, 0.05) is 13.0 Å². The van der Waals surface area contributed by atoms with Crippen LogP contribution in [0.15, 0.2) is 21.7 Å². The molecular weight excluding hydrogens is 312 g/mol. The number of hydrogen-bond donors (Lipinski definition) is 3. The minimum atomic E-state index is -3.52. The smallest absolute Gasteiger partial charge is 0.250 e. The first kappa shape index (κ1) is 16.4. The van der Waals surface area contributed by atoms with Crippen LogP contribution >= 0.6 is 11.3 Å². The SMILES string of the molecule is O=C(CCNS(=O)(=O)c1cccs1)N[C@H]1CCCC[C@@H]1O. The Morgan fingerprint density at radius 2 is 2.14 bits per heavy atom. The van der Waals surface area contributed by atoms with Gasteiger partial charge in [-0.1, -0.05) is 18.9 Å². The van der Waals surface area contributed by atoms with Crippen molar-refractivity contribution >= 4 is 27.3 Å². The third-order valence-corrected chi connectivity index (χ3v) is 6.34. The van der Waals surface area contributed by atoms with Gasteiger partial charge in [-0.15, -0.1) is 11.3 Å². The summed E-state index contributed by atoms with van der Waals surface area (Å²) in [6.07, 6.45) is 3.02. The molecule has 0 spiro atoms. The van der Waals surface area contributed by atoms with Crippen molar-refractivity contribution in [2.45, 2.75) is 48.5 Å². The summed E-state index contributed by atoms with van der Waals surface area (Å²) in [4.78, 5) is 11.8. The van der Waals surface area contributed by atoms with E-state index >= 15 is 0 Å². The molecule has 118 valence electrons. The number of rotatable bonds is 6. The van der Waals surface area contributed by atoms with E-state index in [4.69, 9.17) is 0 Å². The summed E-state index contributed by atoms with van der Waals surface area (Å²) >= 11 is 1.13. The molecule has 8 heteroatoms. The van der Waals surface area contributed by atoms with Crippen LogP contribution in [-0.2, 0) is 14.8 Å². The highest BCUT2D eigenvalue weighted by Crippen LogP contribution is 2.18. The van der Waals surface area contributed by atoms with E-state index in [0.717, 1.165) is 30.6 Å². The van der Waals surface area contributed by atoms with E-state index in [1.165, 1.54) is 6.07 Å². The van der Waals surface area contributed by atoms with Crippen molar-refractivity contribution in [1.29, 1.82) is 0 Å². The van der Waals surface area contributed by atoms with Gasteiger partial charge >= 0.3 is 0 Å². The first-order valence-electron chi connectivity index (χ1n) is 6.99. The lowest BCUT2D eigenvalue weighted by molar-refractivity contribution is -0.122. The van der Waals surface area contributed by atoms with E-state index in [-0.39, 0.29) is 29.1 Å². The second-order valence-corrected chi connectivity index (χ2v) is 8.05. The molecule has 1 aliphatic rings. The molecule has 1 heterocycles. The molecule has 1 fully saturated rings. The lowest BCUT2D eigenvalue weighted by Gasteiger charge is -2.28. The van der Waals surface area contributed by atoms with E-state index in [2.05, 4.69) is 10.0 Å². The molecule has 1 saturated carbocycles. The van der Waals surface area contributed by atoms with Crippen molar-refractivity contribution in [3.8, 4) is 0 Å². The molecule has 0 bridgehead atoms. The van der Waals surface area contributed by atoms with Gasteiger partial charge in [-0.3, -0.25) is 4.79 Å². The van der Waals surface area contributed by atoms with E-state index in [1.807, 2.05) is 0 Å². The van der Waals surface area contributed by atoms with Crippen LogP contribution in [0.2, 0.25) is 0 Å². The Bertz CT molecular complexity index is 557. The Labute approximate surface area is 128 Å². The topological polar surface area (TPSA) is 95.5 Å². The van der Waals surface area contributed by atoms with Crippen molar-refractivity contribution in [2.75, 3.05) is 6.54 Å². The molecule has 0 saturated heterocycles. The number of aliphatic hydroxyl groups excluding tert-OH is 1. The maximum atomic E-state index is 11.8. The fourth-order valence-corrected chi connectivity index (χ4v) is 4.41. The van der Waals surface area contributed by atoms with Gasteiger partial charge in [0.15, 0.2) is 0 Å². The lowest BCUT2D eigenvalue weighted by atomic mass is 9.92. The number of hydrogen-bond acceptors (Lipinski definition) is 5. The molecule has 0 aliphatic heterocycles. The number of carbonyl (C=O) groups is 1. The van der Waals surface area contributed by atoms with Gasteiger partial charge in [0.1, 0.15) is 4.21 Å². The highest BCUT2D eigenvalue weighted by molar-refractivity contribution is 7.91. The molecule has 0 aromatic carbocycles. The van der Waals surface area contributed by atoms with Gasteiger partial charge in [0.2, 0.25) is 15.9 Å². The summed E-state index contributed by atoms with van der Waals surface area (Å²) in [7, 11) is -3.52. The molecule has 1 amide bonds. The van der Waals surface area contributed by atoms with Gasteiger partial charge in [-0.05, 0) is 24.3 Å². The van der Waals surface area contributed by atoms with Crippen LogP contribution in [0.4, 0.5) is 0 Å². The Hall–Kier alpha value is -0.960. The van der Waals surface area contributed by atoms with Crippen LogP contribution in [0.5, 0.6) is 0 Å². The number of amides is 1. The molecule has 1 aliphatic carbocycles. The largest absolute Gasteiger partial charge is 0.391 e. The maximum absolute atomic E-state index is 11.8. The highest BCUT2D eigenvalue weighted by atomic mass is 32.2. The second-order valence-electron chi connectivity index (χ2n) is 5.11. The Morgan fingerprint density at radius 1 is 1.38 bits per heavy atom. The molecule has 2 rings (SSSR count). The number of carbonyl (C=O) groups excluding carboxylic acids is 1.